The van der Waals surface area contributed by atoms with Crippen molar-refractivity contribution in [3.05, 3.63) is 41.5 Å². The zero-order valence-electron chi connectivity index (χ0n) is 9.24. The van der Waals surface area contributed by atoms with Crippen LogP contribution >= 0.6 is 0 Å². The Labute approximate surface area is 91.6 Å². The largest absolute Gasteiger partial charge is 0.396 e. The second kappa shape index (κ2) is 7.21. The van der Waals surface area contributed by atoms with Crippen molar-refractivity contribution in [3.8, 4) is 0 Å². The van der Waals surface area contributed by atoms with E-state index in [0.29, 0.717) is 0 Å². The van der Waals surface area contributed by atoms with Gasteiger partial charge in [0.05, 0.1) is 0 Å². The lowest BCUT2D eigenvalue weighted by Crippen LogP contribution is -2.03. The number of hydrogen-bond acceptors (Lipinski definition) is 2. The van der Waals surface area contributed by atoms with E-state index < -0.39 is 0 Å². The van der Waals surface area contributed by atoms with Gasteiger partial charge >= 0.3 is 0 Å². The summed E-state index contributed by atoms with van der Waals surface area (Å²) in [5.41, 5.74) is 2.51. The van der Waals surface area contributed by atoms with Crippen molar-refractivity contribution in [2.45, 2.75) is 12.8 Å². The minimum atomic E-state index is 0.268. The lowest BCUT2D eigenvalue weighted by atomic mass is 10.1. The highest BCUT2D eigenvalue weighted by molar-refractivity contribution is 5.49. The molecule has 82 valence electrons. The van der Waals surface area contributed by atoms with Crippen molar-refractivity contribution in [1.82, 2.24) is 5.32 Å². The zero-order valence-corrected chi connectivity index (χ0v) is 9.24. The maximum Gasteiger partial charge on any atom is 0.0434 e. The molecule has 2 N–H and O–H groups in total. The molecule has 0 aliphatic carbocycles. The van der Waals surface area contributed by atoms with Crippen LogP contribution in [0.5, 0.6) is 0 Å². The summed E-state index contributed by atoms with van der Waals surface area (Å²) in [6.45, 7) is 1.16. The fraction of sp³-hybridized carbons (Fsp3) is 0.385. The van der Waals surface area contributed by atoms with Gasteiger partial charge in [-0.25, -0.2) is 0 Å². The Hall–Kier alpha value is -1.12. The first-order valence-corrected chi connectivity index (χ1v) is 5.37. The maximum absolute atomic E-state index is 8.71. The molecule has 1 aromatic carbocycles. The number of benzene rings is 1. The standard InChI is InChI=1S/C13H19NO/c1-14-10-2-4-12-6-8-13(9-7-12)5-3-11-15/h2,4,6-9,14-15H,3,5,10-11H2,1H3. The van der Waals surface area contributed by atoms with Gasteiger partial charge in [-0.1, -0.05) is 36.4 Å². The van der Waals surface area contributed by atoms with E-state index in [-0.39, 0.29) is 6.61 Å². The Kier molecular flexibility index (Phi) is 5.74. The molecule has 0 amide bonds. The fourth-order valence-electron chi connectivity index (χ4n) is 1.39. The van der Waals surface area contributed by atoms with Crippen molar-refractivity contribution < 1.29 is 5.11 Å². The molecule has 0 radical (unpaired) electrons. The average Bonchev–Trinajstić information content (AvgIpc) is 2.28. The molecule has 0 fully saturated rings. The molecule has 1 aromatic rings. The van der Waals surface area contributed by atoms with Crippen LogP contribution in [-0.4, -0.2) is 25.3 Å². The first-order valence-electron chi connectivity index (χ1n) is 5.37. The molecule has 0 saturated carbocycles. The lowest BCUT2D eigenvalue weighted by Gasteiger charge is -2.00. The van der Waals surface area contributed by atoms with Gasteiger partial charge < -0.3 is 10.4 Å². The predicted molar refractivity (Wildman–Crippen MR) is 64.8 cm³/mol. The summed E-state index contributed by atoms with van der Waals surface area (Å²) in [5, 5.41) is 11.8. The molecule has 0 bridgehead atoms. The van der Waals surface area contributed by atoms with Gasteiger partial charge in [-0.3, -0.25) is 0 Å². The highest BCUT2D eigenvalue weighted by Crippen LogP contribution is 2.07. The fourth-order valence-corrected chi connectivity index (χ4v) is 1.39. The molecule has 2 heteroatoms. The Morgan fingerprint density at radius 2 is 2.00 bits per heavy atom. The van der Waals surface area contributed by atoms with E-state index in [1.807, 2.05) is 7.05 Å². The molecule has 0 aliphatic rings. The van der Waals surface area contributed by atoms with Crippen LogP contribution in [0.4, 0.5) is 0 Å². The highest BCUT2D eigenvalue weighted by Gasteiger charge is 1.92. The summed E-state index contributed by atoms with van der Waals surface area (Å²) in [5.74, 6) is 0. The molecular weight excluding hydrogens is 186 g/mol. The summed E-state index contributed by atoms with van der Waals surface area (Å²) < 4.78 is 0. The molecule has 0 unspecified atom stereocenters. The van der Waals surface area contributed by atoms with Crippen LogP contribution in [0.15, 0.2) is 30.3 Å². The number of aliphatic hydroxyl groups is 1. The van der Waals surface area contributed by atoms with Gasteiger partial charge in [0.1, 0.15) is 0 Å². The topological polar surface area (TPSA) is 32.3 Å². The first kappa shape index (κ1) is 12.0. The molecule has 0 atom stereocenters. The van der Waals surface area contributed by atoms with Gasteiger partial charge in [-0.15, -0.1) is 0 Å². The third kappa shape index (κ3) is 4.77. The summed E-state index contributed by atoms with van der Waals surface area (Å²) in [4.78, 5) is 0. The molecule has 1 rings (SSSR count). The van der Waals surface area contributed by atoms with E-state index in [1.54, 1.807) is 0 Å². The van der Waals surface area contributed by atoms with Crippen LogP contribution < -0.4 is 5.32 Å². The maximum atomic E-state index is 8.71. The van der Waals surface area contributed by atoms with Crippen LogP contribution in [0.2, 0.25) is 0 Å². The number of aryl methyl sites for hydroxylation is 1. The zero-order chi connectivity index (χ0) is 10.9. The minimum absolute atomic E-state index is 0.268. The van der Waals surface area contributed by atoms with Crippen molar-refractivity contribution in [2.75, 3.05) is 20.2 Å². The molecular formula is C13H19NO. The van der Waals surface area contributed by atoms with Crippen LogP contribution in [0, 0.1) is 0 Å². The second-order valence-electron chi connectivity index (χ2n) is 3.53. The number of nitrogens with one attached hydrogen (secondary N) is 1. The van der Waals surface area contributed by atoms with Crippen molar-refractivity contribution in [1.29, 1.82) is 0 Å². The van der Waals surface area contributed by atoms with E-state index in [0.717, 1.165) is 19.4 Å². The second-order valence-corrected chi connectivity index (χ2v) is 3.53. The van der Waals surface area contributed by atoms with Gasteiger partial charge in [0.25, 0.3) is 0 Å². The molecule has 0 heterocycles. The number of aliphatic hydroxyl groups excluding tert-OH is 1. The summed E-state index contributed by atoms with van der Waals surface area (Å²) >= 11 is 0. The predicted octanol–water partition coefficient (Wildman–Crippen LogP) is 1.84. The Balaban J connectivity index is 2.48. The van der Waals surface area contributed by atoms with Gasteiger partial charge in [0, 0.05) is 13.2 Å². The van der Waals surface area contributed by atoms with Gasteiger partial charge in [0.15, 0.2) is 0 Å². The highest BCUT2D eigenvalue weighted by atomic mass is 16.2. The summed E-state index contributed by atoms with van der Waals surface area (Å²) in [7, 11) is 1.93. The third-order valence-electron chi connectivity index (χ3n) is 2.24. The molecule has 0 aromatic heterocycles. The quantitative estimate of drug-likeness (QED) is 0.742. The Morgan fingerprint density at radius 3 is 2.60 bits per heavy atom. The van der Waals surface area contributed by atoms with Crippen LogP contribution in [0.25, 0.3) is 6.08 Å². The van der Waals surface area contributed by atoms with Crippen molar-refractivity contribution in [2.24, 2.45) is 0 Å². The van der Waals surface area contributed by atoms with Crippen LogP contribution in [0.3, 0.4) is 0 Å². The molecule has 0 aliphatic heterocycles. The monoisotopic (exact) mass is 205 g/mol. The van der Waals surface area contributed by atoms with Crippen molar-refractivity contribution in [3.63, 3.8) is 0 Å². The van der Waals surface area contributed by atoms with E-state index in [9.17, 15) is 0 Å². The number of likely N-dealkylation sites (N-methyl/N-ethyl adjacent to an activating group) is 1. The lowest BCUT2D eigenvalue weighted by molar-refractivity contribution is 0.288. The van der Waals surface area contributed by atoms with E-state index in [2.05, 4.69) is 41.7 Å². The molecule has 0 spiro atoms. The SMILES string of the molecule is CNCC=Cc1ccc(CCCO)cc1. The average molecular weight is 205 g/mol. The van der Waals surface area contributed by atoms with Crippen LogP contribution in [-0.2, 0) is 6.42 Å². The third-order valence-corrected chi connectivity index (χ3v) is 2.24. The smallest absolute Gasteiger partial charge is 0.0434 e. The van der Waals surface area contributed by atoms with E-state index in [4.69, 9.17) is 5.11 Å². The van der Waals surface area contributed by atoms with Crippen molar-refractivity contribution >= 4 is 6.08 Å². The minimum Gasteiger partial charge on any atom is -0.396 e. The van der Waals surface area contributed by atoms with E-state index in [1.165, 1.54) is 11.1 Å². The van der Waals surface area contributed by atoms with Gasteiger partial charge in [0.2, 0.25) is 0 Å². The van der Waals surface area contributed by atoms with E-state index >= 15 is 0 Å². The van der Waals surface area contributed by atoms with Gasteiger partial charge in [-0.2, -0.15) is 0 Å². The number of rotatable bonds is 6. The van der Waals surface area contributed by atoms with Crippen LogP contribution in [0.1, 0.15) is 17.5 Å². The molecule has 0 saturated heterocycles. The van der Waals surface area contributed by atoms with Gasteiger partial charge in [-0.05, 0) is 31.0 Å². The normalized spacial score (nSPS) is 11.1. The Bertz CT molecular complexity index is 290. The summed E-state index contributed by atoms with van der Waals surface area (Å²) in [6.07, 6.45) is 6.00. The first-order chi connectivity index (χ1) is 7.36. The Morgan fingerprint density at radius 1 is 1.27 bits per heavy atom. The molecule has 15 heavy (non-hydrogen) atoms. The summed E-state index contributed by atoms with van der Waals surface area (Å²) in [6, 6.07) is 8.46. The molecule has 2 nitrogen and oxygen atoms in total. The number of hydrogen-bond donors (Lipinski definition) is 2.